The summed E-state index contributed by atoms with van der Waals surface area (Å²) >= 11 is 0. The Morgan fingerprint density at radius 3 is 2.07 bits per heavy atom. The number of rotatable bonds is 7. The van der Waals surface area contributed by atoms with Crippen molar-refractivity contribution in [2.75, 3.05) is 12.9 Å². The second kappa shape index (κ2) is 9.20. The molecule has 1 atom stereocenters. The molecular formula is C19H28N2O6S. The topological polar surface area (TPSA) is 125 Å². The Balaban J connectivity index is 3.14. The zero-order valence-electron chi connectivity index (χ0n) is 17.0. The van der Waals surface area contributed by atoms with E-state index in [0.717, 1.165) is 6.26 Å². The Bertz CT molecular complexity index is 847. The molecule has 0 radical (unpaired) electrons. The van der Waals surface area contributed by atoms with E-state index < -0.39 is 27.9 Å². The van der Waals surface area contributed by atoms with E-state index in [4.69, 9.17) is 14.7 Å². The number of carbonyl (C=O) groups is 2. The van der Waals surface area contributed by atoms with Crippen molar-refractivity contribution in [2.24, 2.45) is 5.73 Å². The Morgan fingerprint density at radius 1 is 1.14 bits per heavy atom. The number of alkyl carbamates (subject to hydrolysis) is 1. The van der Waals surface area contributed by atoms with Gasteiger partial charge in [0.2, 0.25) is 0 Å². The lowest BCUT2D eigenvalue weighted by Gasteiger charge is -2.24. The molecule has 1 aromatic rings. The molecule has 3 N–H and O–H groups in total. The lowest BCUT2D eigenvalue weighted by Crippen LogP contribution is -2.37. The van der Waals surface area contributed by atoms with Gasteiger partial charge in [-0.1, -0.05) is 24.3 Å². The van der Waals surface area contributed by atoms with E-state index >= 15 is 0 Å². The molecule has 1 rings (SSSR count). The first-order valence-electron chi connectivity index (χ1n) is 8.61. The predicted octanol–water partition coefficient (Wildman–Crippen LogP) is 2.51. The van der Waals surface area contributed by atoms with Crippen molar-refractivity contribution in [3.05, 3.63) is 41.1 Å². The van der Waals surface area contributed by atoms with Crippen LogP contribution in [0.3, 0.4) is 0 Å². The Labute approximate surface area is 166 Å². The number of hydrogen-bond acceptors (Lipinski definition) is 7. The molecule has 1 aromatic carbocycles. The molecule has 0 heterocycles. The SMILES string of the molecule is CC(=O)C(=C(C)N)c1ccc([C@H](COS(C)(=O)=O)NC(=O)OC(C)(C)C)cc1. The molecule has 0 fully saturated rings. The van der Waals surface area contributed by atoms with Gasteiger partial charge in [0, 0.05) is 11.3 Å². The van der Waals surface area contributed by atoms with Crippen LogP contribution in [-0.2, 0) is 23.8 Å². The number of hydrogen-bond donors (Lipinski definition) is 2. The van der Waals surface area contributed by atoms with E-state index in [2.05, 4.69) is 5.32 Å². The number of amides is 1. The van der Waals surface area contributed by atoms with Crippen LogP contribution < -0.4 is 11.1 Å². The summed E-state index contributed by atoms with van der Waals surface area (Å²) in [6.07, 6.45) is 0.218. The average molecular weight is 413 g/mol. The zero-order valence-corrected chi connectivity index (χ0v) is 17.8. The van der Waals surface area contributed by atoms with Crippen LogP contribution in [0.5, 0.6) is 0 Å². The van der Waals surface area contributed by atoms with E-state index in [1.54, 1.807) is 52.0 Å². The molecule has 0 spiro atoms. The zero-order chi connectivity index (χ0) is 21.7. The van der Waals surface area contributed by atoms with E-state index in [1.807, 2.05) is 0 Å². The smallest absolute Gasteiger partial charge is 0.408 e. The first-order valence-corrected chi connectivity index (χ1v) is 10.4. The predicted molar refractivity (Wildman–Crippen MR) is 107 cm³/mol. The number of benzene rings is 1. The number of ketones is 1. The summed E-state index contributed by atoms with van der Waals surface area (Å²) in [5.41, 5.74) is 7.07. The molecule has 0 aliphatic carbocycles. The quantitative estimate of drug-likeness (QED) is 0.521. The number of nitrogens with one attached hydrogen (secondary N) is 1. The number of nitrogens with two attached hydrogens (primary N) is 1. The summed E-state index contributed by atoms with van der Waals surface area (Å²) in [7, 11) is -3.70. The highest BCUT2D eigenvalue weighted by Crippen LogP contribution is 2.22. The highest BCUT2D eigenvalue weighted by molar-refractivity contribution is 7.85. The van der Waals surface area contributed by atoms with E-state index in [0.29, 0.717) is 22.4 Å². The molecule has 0 bridgehead atoms. The van der Waals surface area contributed by atoms with Gasteiger partial charge >= 0.3 is 6.09 Å². The number of ether oxygens (including phenoxy) is 1. The molecule has 0 aliphatic heterocycles. The van der Waals surface area contributed by atoms with Crippen LogP contribution in [0, 0.1) is 0 Å². The van der Waals surface area contributed by atoms with E-state index in [9.17, 15) is 18.0 Å². The van der Waals surface area contributed by atoms with Crippen molar-refractivity contribution < 1.29 is 26.9 Å². The van der Waals surface area contributed by atoms with Crippen LogP contribution in [0.25, 0.3) is 5.57 Å². The van der Waals surface area contributed by atoms with Crippen molar-refractivity contribution in [2.45, 2.75) is 46.3 Å². The van der Waals surface area contributed by atoms with Gasteiger partial charge in [-0.2, -0.15) is 8.42 Å². The monoisotopic (exact) mass is 412 g/mol. The maximum absolute atomic E-state index is 12.1. The highest BCUT2D eigenvalue weighted by Gasteiger charge is 2.22. The minimum atomic E-state index is -3.70. The summed E-state index contributed by atoms with van der Waals surface area (Å²) < 4.78 is 32.8. The van der Waals surface area contributed by atoms with Gasteiger partial charge in [0.25, 0.3) is 10.1 Å². The van der Waals surface area contributed by atoms with Gasteiger partial charge in [-0.05, 0) is 45.7 Å². The third kappa shape index (κ3) is 8.10. The maximum Gasteiger partial charge on any atom is 0.408 e. The molecule has 0 saturated heterocycles. The van der Waals surface area contributed by atoms with E-state index in [-0.39, 0.29) is 12.4 Å². The Kier molecular flexibility index (Phi) is 7.77. The summed E-state index contributed by atoms with van der Waals surface area (Å²) in [5.74, 6) is -0.170. The number of Topliss-reactive ketones (excluding diaryl/α,β-unsaturated/α-hetero) is 1. The highest BCUT2D eigenvalue weighted by atomic mass is 32.2. The van der Waals surface area contributed by atoms with Gasteiger partial charge in [-0.3, -0.25) is 8.98 Å². The summed E-state index contributed by atoms with van der Waals surface area (Å²) in [6, 6.07) is 5.89. The van der Waals surface area contributed by atoms with Gasteiger partial charge < -0.3 is 15.8 Å². The average Bonchev–Trinajstić information content (AvgIpc) is 2.49. The molecule has 0 aliphatic rings. The van der Waals surface area contributed by atoms with Crippen LogP contribution in [0.1, 0.15) is 51.8 Å². The summed E-state index contributed by atoms with van der Waals surface area (Å²) in [4.78, 5) is 23.9. The molecule has 8 nitrogen and oxygen atoms in total. The molecular weight excluding hydrogens is 384 g/mol. The van der Waals surface area contributed by atoms with Crippen LogP contribution in [0.4, 0.5) is 4.79 Å². The Morgan fingerprint density at radius 2 is 1.68 bits per heavy atom. The van der Waals surface area contributed by atoms with Crippen molar-refractivity contribution in [1.29, 1.82) is 0 Å². The normalized spacial score (nSPS) is 14.1. The van der Waals surface area contributed by atoms with Gasteiger partial charge in [-0.25, -0.2) is 4.79 Å². The van der Waals surface area contributed by atoms with E-state index in [1.165, 1.54) is 6.92 Å². The fraction of sp³-hybridized carbons (Fsp3) is 0.474. The summed E-state index contributed by atoms with van der Waals surface area (Å²) in [6.45, 7) is 7.91. The largest absolute Gasteiger partial charge is 0.444 e. The maximum atomic E-state index is 12.1. The molecule has 156 valence electrons. The molecule has 0 unspecified atom stereocenters. The lowest BCUT2D eigenvalue weighted by molar-refractivity contribution is -0.111. The van der Waals surface area contributed by atoms with Crippen LogP contribution in [-0.4, -0.2) is 38.8 Å². The second-order valence-corrected chi connectivity index (χ2v) is 9.07. The lowest BCUT2D eigenvalue weighted by atomic mass is 9.98. The summed E-state index contributed by atoms with van der Waals surface area (Å²) in [5, 5.41) is 2.60. The number of allylic oxidation sites excluding steroid dienone is 2. The molecule has 0 saturated carbocycles. The standard InChI is InChI=1S/C19H28N2O6S/c1-12(20)17(13(2)22)15-9-7-14(8-10-15)16(11-26-28(6,24)25)21-18(23)27-19(3,4)5/h7-10,16H,11,20H2,1-6H3,(H,21,23)/t16-/m0/s1. The molecule has 1 amide bonds. The number of carbonyl (C=O) groups excluding carboxylic acids is 2. The van der Waals surface area contributed by atoms with Gasteiger partial charge in [0.1, 0.15) is 5.60 Å². The molecule has 0 aromatic heterocycles. The second-order valence-electron chi connectivity index (χ2n) is 7.42. The van der Waals surface area contributed by atoms with Gasteiger partial charge in [-0.15, -0.1) is 0 Å². The van der Waals surface area contributed by atoms with Crippen molar-refractivity contribution in [3.63, 3.8) is 0 Å². The molecule has 28 heavy (non-hydrogen) atoms. The minimum absolute atomic E-state index is 0.170. The fourth-order valence-electron chi connectivity index (χ4n) is 2.45. The van der Waals surface area contributed by atoms with Crippen molar-refractivity contribution in [3.8, 4) is 0 Å². The van der Waals surface area contributed by atoms with Crippen molar-refractivity contribution in [1.82, 2.24) is 5.32 Å². The molecule has 9 heteroatoms. The minimum Gasteiger partial charge on any atom is -0.444 e. The first-order chi connectivity index (χ1) is 12.7. The Hall–Kier alpha value is -2.39. The fourth-order valence-corrected chi connectivity index (χ4v) is 2.84. The van der Waals surface area contributed by atoms with Crippen molar-refractivity contribution >= 4 is 27.6 Å². The third-order valence-corrected chi connectivity index (χ3v) is 4.05. The van der Waals surface area contributed by atoms with Crippen LogP contribution in [0.15, 0.2) is 30.0 Å². The van der Waals surface area contributed by atoms with Crippen LogP contribution in [0.2, 0.25) is 0 Å². The third-order valence-electron chi connectivity index (χ3n) is 3.49. The first kappa shape index (κ1) is 23.6. The van der Waals surface area contributed by atoms with Gasteiger partial charge in [0.15, 0.2) is 5.78 Å². The van der Waals surface area contributed by atoms with Crippen LogP contribution >= 0.6 is 0 Å². The van der Waals surface area contributed by atoms with Gasteiger partial charge in [0.05, 0.1) is 18.9 Å².